The van der Waals surface area contributed by atoms with Crippen LogP contribution in [0, 0.1) is 0 Å². The molecule has 2 aromatic carbocycles. The van der Waals surface area contributed by atoms with Crippen molar-refractivity contribution < 1.29 is 37.5 Å². The Balaban J connectivity index is 0.764. The molecule has 1 unspecified atom stereocenters. The number of benzene rings is 2. The molecule has 1 atom stereocenters. The minimum atomic E-state index is -3.84. The molecule has 60 heavy (non-hydrogen) atoms. The topological polar surface area (TPSA) is 176 Å². The molecule has 2 aromatic heterocycles. The van der Waals surface area contributed by atoms with Gasteiger partial charge in [0.25, 0.3) is 17.7 Å². The smallest absolute Gasteiger partial charge is 0.420 e. The second-order valence-electron chi connectivity index (χ2n) is 15.6. The monoisotopic (exact) mass is 842 g/mol. The summed E-state index contributed by atoms with van der Waals surface area (Å²) in [5, 5.41) is 12.1. The number of rotatable bonds is 10. The van der Waals surface area contributed by atoms with Gasteiger partial charge in [-0.3, -0.25) is 49.1 Å². The maximum absolute atomic E-state index is 13.3. The van der Waals surface area contributed by atoms with Crippen LogP contribution in [-0.2, 0) is 9.59 Å². The van der Waals surface area contributed by atoms with Gasteiger partial charge in [-0.15, -0.1) is 8.78 Å². The molecule has 0 bridgehead atoms. The molecule has 0 aliphatic carbocycles. The van der Waals surface area contributed by atoms with E-state index < -0.39 is 41.1 Å². The summed E-state index contributed by atoms with van der Waals surface area (Å²) in [6, 6.07) is 14.2. The predicted octanol–water partition coefficient (Wildman–Crippen LogP) is 3.77. The highest BCUT2D eigenvalue weighted by Crippen LogP contribution is 2.35. The fourth-order valence-corrected chi connectivity index (χ4v) is 8.94. The van der Waals surface area contributed by atoms with Gasteiger partial charge in [0.05, 0.1) is 22.4 Å². The molecule has 5 aliphatic heterocycles. The first-order valence-corrected chi connectivity index (χ1v) is 20.3. The van der Waals surface area contributed by atoms with E-state index in [0.29, 0.717) is 28.9 Å². The molecule has 9 rings (SSSR count). The lowest BCUT2D eigenvalue weighted by Crippen LogP contribution is -2.62. The number of imide groups is 2. The van der Waals surface area contributed by atoms with Crippen LogP contribution in [-0.4, -0.2) is 135 Å². The fraction of sp³-hybridized carbons (Fsp3) is 0.390. The van der Waals surface area contributed by atoms with Crippen molar-refractivity contribution in [3.63, 3.8) is 0 Å². The number of nitrogens with one attached hydrogen (secondary N) is 3. The first-order chi connectivity index (χ1) is 28.9. The van der Waals surface area contributed by atoms with Crippen LogP contribution in [0.25, 0.3) is 11.3 Å². The van der Waals surface area contributed by atoms with Gasteiger partial charge >= 0.3 is 5.57 Å². The number of pyridine rings is 1. The van der Waals surface area contributed by atoms with E-state index in [1.807, 2.05) is 12.1 Å². The number of halogens is 3. The summed E-state index contributed by atoms with van der Waals surface area (Å²) in [5.74, 6) is -1.85. The molecule has 312 valence electrons. The lowest BCUT2D eigenvalue weighted by molar-refractivity contribution is -0.136. The van der Waals surface area contributed by atoms with E-state index in [-0.39, 0.29) is 24.2 Å². The number of nitrogens with zero attached hydrogens (tertiary/aromatic N) is 7. The number of aromatic nitrogens is 3. The highest BCUT2D eigenvalue weighted by atomic mass is 35.5. The minimum Gasteiger partial charge on any atom is -0.420 e. The van der Waals surface area contributed by atoms with Gasteiger partial charge in [-0.05, 0) is 73.9 Å². The Hall–Kier alpha value is -5.98. The van der Waals surface area contributed by atoms with Crippen molar-refractivity contribution in [3.8, 4) is 17.0 Å². The summed E-state index contributed by atoms with van der Waals surface area (Å²) in [7, 11) is 0. The SMILES string of the molecule is O=C1CCC(N2C(=O)c3ccc(N4CC(N5CCC(N6CCN(c7ncc(C(=O)Nc8ccc(OC(F)(F)Cl)cc8)cc7-c7ccn[nH]7)CC6)CC5)C4)cc3C2=O)C(=O)N1. The number of piperazine rings is 1. The van der Waals surface area contributed by atoms with Gasteiger partial charge in [0.2, 0.25) is 11.8 Å². The zero-order valence-electron chi connectivity index (χ0n) is 32.3. The molecule has 0 saturated carbocycles. The first kappa shape index (κ1) is 39.5. The predicted molar refractivity (Wildman–Crippen MR) is 215 cm³/mol. The molecule has 0 radical (unpaired) electrons. The lowest BCUT2D eigenvalue weighted by atomic mass is 9.97. The van der Waals surface area contributed by atoms with Crippen LogP contribution in [0.3, 0.4) is 0 Å². The third-order valence-electron chi connectivity index (χ3n) is 12.1. The molecule has 5 aliphatic rings. The number of H-pyrrole nitrogens is 1. The molecule has 5 amide bonds. The third kappa shape index (κ3) is 7.89. The average Bonchev–Trinajstić information content (AvgIpc) is 3.84. The Kier molecular flexibility index (Phi) is 10.5. The van der Waals surface area contributed by atoms with E-state index in [0.717, 1.165) is 92.9 Å². The van der Waals surface area contributed by atoms with Crippen LogP contribution in [0.1, 0.15) is 56.8 Å². The quantitative estimate of drug-likeness (QED) is 0.156. The van der Waals surface area contributed by atoms with Gasteiger partial charge in [0.15, 0.2) is 0 Å². The molecule has 3 N–H and O–H groups in total. The summed E-state index contributed by atoms with van der Waals surface area (Å²) in [6.45, 7) is 6.84. The van der Waals surface area contributed by atoms with E-state index in [9.17, 15) is 32.8 Å². The van der Waals surface area contributed by atoms with E-state index >= 15 is 0 Å². The fourth-order valence-electron chi connectivity index (χ4n) is 8.85. The Morgan fingerprint density at radius 2 is 1.53 bits per heavy atom. The van der Waals surface area contributed by atoms with E-state index in [1.54, 1.807) is 24.4 Å². The summed E-state index contributed by atoms with van der Waals surface area (Å²) in [6.07, 6.45) is 5.48. The Morgan fingerprint density at radius 3 is 2.22 bits per heavy atom. The van der Waals surface area contributed by atoms with E-state index in [2.05, 4.69) is 45.2 Å². The molecule has 16 nitrogen and oxygen atoms in total. The number of fused-ring (bicyclic) bond motifs is 1. The van der Waals surface area contributed by atoms with Crippen molar-refractivity contribution in [2.24, 2.45) is 0 Å². The summed E-state index contributed by atoms with van der Waals surface area (Å²) in [5.41, 5.74) is -0.258. The number of alkyl halides is 3. The Bertz CT molecular complexity index is 2320. The number of amides is 5. The zero-order valence-corrected chi connectivity index (χ0v) is 33.0. The van der Waals surface area contributed by atoms with Gasteiger partial charge in [0, 0.05) is 112 Å². The number of likely N-dealkylation sites (tertiary alicyclic amines) is 1. The molecular weight excluding hydrogens is 802 g/mol. The van der Waals surface area contributed by atoms with Crippen molar-refractivity contribution in [2.75, 3.05) is 67.5 Å². The van der Waals surface area contributed by atoms with Crippen molar-refractivity contribution in [2.45, 2.75) is 49.4 Å². The second-order valence-corrected chi connectivity index (χ2v) is 16.1. The van der Waals surface area contributed by atoms with Crippen molar-refractivity contribution in [3.05, 3.63) is 83.7 Å². The molecule has 7 heterocycles. The van der Waals surface area contributed by atoms with Crippen molar-refractivity contribution in [1.29, 1.82) is 0 Å². The second kappa shape index (κ2) is 15.9. The number of aromatic amines is 1. The van der Waals surface area contributed by atoms with Crippen LogP contribution in [0.4, 0.5) is 26.0 Å². The molecule has 4 saturated heterocycles. The van der Waals surface area contributed by atoms with Crippen LogP contribution in [0.15, 0.2) is 67.0 Å². The number of hydrogen-bond acceptors (Lipinski definition) is 12. The van der Waals surface area contributed by atoms with Gasteiger partial charge in [0.1, 0.15) is 17.6 Å². The molecule has 0 spiro atoms. The normalized spacial score (nSPS) is 20.9. The van der Waals surface area contributed by atoms with Gasteiger partial charge < -0.3 is 19.9 Å². The van der Waals surface area contributed by atoms with Crippen LogP contribution >= 0.6 is 11.6 Å². The maximum Gasteiger partial charge on any atom is 0.487 e. The maximum atomic E-state index is 13.3. The van der Waals surface area contributed by atoms with E-state index in [4.69, 9.17) is 16.6 Å². The highest BCUT2D eigenvalue weighted by molar-refractivity contribution is 6.24. The molecule has 4 fully saturated rings. The number of piperidine rings is 2. The number of hydrogen-bond donors (Lipinski definition) is 3. The number of anilines is 3. The van der Waals surface area contributed by atoms with Crippen LogP contribution in [0.2, 0.25) is 0 Å². The Morgan fingerprint density at radius 1 is 0.817 bits per heavy atom. The summed E-state index contributed by atoms with van der Waals surface area (Å²) < 4.78 is 30.3. The number of carbonyl (C=O) groups is 5. The van der Waals surface area contributed by atoms with E-state index in [1.165, 1.54) is 30.5 Å². The minimum absolute atomic E-state index is 0.0789. The van der Waals surface area contributed by atoms with Gasteiger partial charge in [-0.2, -0.15) is 5.10 Å². The lowest BCUT2D eigenvalue weighted by Gasteiger charge is -2.50. The molecule has 19 heteroatoms. The average molecular weight is 843 g/mol. The summed E-state index contributed by atoms with van der Waals surface area (Å²) in [4.78, 5) is 79.0. The zero-order chi connectivity index (χ0) is 41.7. The van der Waals surface area contributed by atoms with Gasteiger partial charge in [-0.25, -0.2) is 4.98 Å². The number of carbonyl (C=O) groups excluding carboxylic acids is 5. The van der Waals surface area contributed by atoms with Crippen LogP contribution < -0.4 is 25.2 Å². The Labute approximate surface area is 347 Å². The van der Waals surface area contributed by atoms with Gasteiger partial charge in [-0.1, -0.05) is 0 Å². The highest BCUT2D eigenvalue weighted by Gasteiger charge is 2.45. The third-order valence-corrected chi connectivity index (χ3v) is 12.1. The standard InChI is InChI=1S/C41H41ClF2N10O6/c42-41(43,44)60-29-4-1-25(2-5-29)47-37(56)24-19-32(33-9-12-46-49-33)36(45-21-24)52-17-15-51(16-18-52)26-10-13-50(14-11-26)28-22-53(23-28)27-3-6-30-31(20-27)40(59)54(39(30)58)34-7-8-35(55)48-38(34)57/h1-6,9,12,19-21,26,28,34H,7-8,10-11,13-18,22-23H2,(H,46,49)(H,47,56)(H,48,55,57). The number of ether oxygens (including phenoxy) is 1. The first-order valence-electron chi connectivity index (χ1n) is 19.9. The largest absolute Gasteiger partial charge is 0.487 e. The van der Waals surface area contributed by atoms with Crippen LogP contribution in [0.5, 0.6) is 5.75 Å². The van der Waals surface area contributed by atoms with Crippen molar-refractivity contribution in [1.82, 2.24) is 35.2 Å². The summed E-state index contributed by atoms with van der Waals surface area (Å²) >= 11 is 4.84. The molecule has 4 aromatic rings. The molecular formula is C41H41ClF2N10O6. The van der Waals surface area contributed by atoms with Crippen molar-refractivity contribution >= 4 is 58.3 Å².